The number of aromatic nitrogens is 1. The molecule has 0 spiro atoms. The van der Waals surface area contributed by atoms with E-state index in [1.807, 2.05) is 13.8 Å². The molecule has 1 amide bonds. The van der Waals surface area contributed by atoms with E-state index in [2.05, 4.69) is 10.3 Å². The molecule has 1 aliphatic rings. The Kier molecular flexibility index (Phi) is 6.72. The van der Waals surface area contributed by atoms with E-state index >= 15 is 0 Å². The molecule has 2 heterocycles. The zero-order valence-corrected chi connectivity index (χ0v) is 14.9. The zero-order valence-electron chi connectivity index (χ0n) is 14.9. The van der Waals surface area contributed by atoms with Crippen molar-refractivity contribution in [2.45, 2.75) is 26.0 Å². The molecule has 0 bridgehead atoms. The minimum atomic E-state index is -0.883. The summed E-state index contributed by atoms with van der Waals surface area (Å²) in [6.45, 7) is 5.76. The second-order valence-corrected chi connectivity index (χ2v) is 6.53. The highest BCUT2D eigenvalue weighted by Gasteiger charge is 2.27. The molecule has 1 atom stereocenters. The van der Waals surface area contributed by atoms with Crippen molar-refractivity contribution in [3.05, 3.63) is 23.9 Å². The number of amides is 1. The Labute approximate surface area is 147 Å². The van der Waals surface area contributed by atoms with Crippen molar-refractivity contribution < 1.29 is 19.4 Å². The van der Waals surface area contributed by atoms with Gasteiger partial charge in [0.05, 0.1) is 24.8 Å². The lowest BCUT2D eigenvalue weighted by Gasteiger charge is -2.34. The lowest BCUT2D eigenvalue weighted by molar-refractivity contribution is -0.138. The molecule has 0 aliphatic carbocycles. The Morgan fingerprint density at radius 1 is 1.52 bits per heavy atom. The van der Waals surface area contributed by atoms with Crippen molar-refractivity contribution in [3.63, 3.8) is 0 Å². The van der Waals surface area contributed by atoms with Crippen LogP contribution < -0.4 is 5.32 Å². The summed E-state index contributed by atoms with van der Waals surface area (Å²) >= 11 is 0. The summed E-state index contributed by atoms with van der Waals surface area (Å²) in [4.78, 5) is 31.4. The molecule has 2 N–H and O–H groups in total. The number of carbonyl (C=O) groups is 2. The Morgan fingerprint density at radius 2 is 2.28 bits per heavy atom. The van der Waals surface area contributed by atoms with E-state index in [9.17, 15) is 9.59 Å². The van der Waals surface area contributed by atoms with Gasteiger partial charge in [-0.25, -0.2) is 4.98 Å². The maximum absolute atomic E-state index is 12.9. The monoisotopic (exact) mass is 350 g/mol. The molecule has 1 aromatic heterocycles. The number of hydrogen-bond acceptors (Lipinski definition) is 6. The smallest absolute Gasteiger partial charge is 0.317 e. The molecular formula is C17H26N4O4. The molecule has 2 rings (SSSR count). The van der Waals surface area contributed by atoms with Gasteiger partial charge in [0.15, 0.2) is 0 Å². The molecule has 138 valence electrons. The highest BCUT2D eigenvalue weighted by Crippen LogP contribution is 2.17. The van der Waals surface area contributed by atoms with Crippen LogP contribution in [-0.2, 0) is 9.53 Å². The van der Waals surface area contributed by atoms with Gasteiger partial charge >= 0.3 is 5.97 Å². The number of carbonyl (C=O) groups excluding carboxylic acids is 1. The topological polar surface area (TPSA) is 95.0 Å². The molecule has 8 heteroatoms. The summed E-state index contributed by atoms with van der Waals surface area (Å²) in [7, 11) is 1.73. The third kappa shape index (κ3) is 5.68. The first-order valence-corrected chi connectivity index (χ1v) is 8.39. The number of pyridine rings is 1. The standard InChI is InChI=1S/C17H26N4O4/c1-12(2)19-16-14(5-4-6-18-16)17(24)21-7-8-25-13(10-21)9-20(3)11-15(22)23/h4-6,12-13H,7-11H2,1-3H3,(H,18,19)(H,22,23). The summed E-state index contributed by atoms with van der Waals surface area (Å²) < 4.78 is 5.68. The fraction of sp³-hybridized carbons (Fsp3) is 0.588. The van der Waals surface area contributed by atoms with Crippen LogP contribution in [0.4, 0.5) is 5.82 Å². The number of nitrogens with one attached hydrogen (secondary N) is 1. The first kappa shape index (κ1) is 19.1. The minimum absolute atomic E-state index is 0.0567. The third-order valence-electron chi connectivity index (χ3n) is 3.81. The SMILES string of the molecule is CC(C)Nc1ncccc1C(=O)N1CCOC(CN(C)CC(=O)O)C1. The number of carboxylic acid groups (broad SMARTS) is 1. The quantitative estimate of drug-likeness (QED) is 0.749. The zero-order chi connectivity index (χ0) is 18.4. The molecule has 1 aromatic rings. The number of likely N-dealkylation sites (N-methyl/N-ethyl adjacent to an activating group) is 1. The molecule has 0 aromatic carbocycles. The Balaban J connectivity index is 2.03. The molecule has 8 nitrogen and oxygen atoms in total. The van der Waals surface area contributed by atoms with Crippen molar-refractivity contribution in [2.24, 2.45) is 0 Å². The molecule has 0 saturated carbocycles. The normalized spacial score (nSPS) is 17.8. The summed E-state index contributed by atoms with van der Waals surface area (Å²) in [6.07, 6.45) is 1.45. The Hall–Kier alpha value is -2.19. The van der Waals surface area contributed by atoms with E-state index in [-0.39, 0.29) is 24.6 Å². The highest BCUT2D eigenvalue weighted by molar-refractivity contribution is 5.98. The maximum Gasteiger partial charge on any atom is 0.317 e. The molecular weight excluding hydrogens is 324 g/mol. The van der Waals surface area contributed by atoms with E-state index < -0.39 is 5.97 Å². The van der Waals surface area contributed by atoms with Crippen LogP contribution in [0.3, 0.4) is 0 Å². The van der Waals surface area contributed by atoms with Crippen LogP contribution in [0.25, 0.3) is 0 Å². The van der Waals surface area contributed by atoms with Gasteiger partial charge in [0.1, 0.15) is 5.82 Å². The van der Waals surface area contributed by atoms with E-state index in [4.69, 9.17) is 9.84 Å². The summed E-state index contributed by atoms with van der Waals surface area (Å²) in [5.41, 5.74) is 0.538. The van der Waals surface area contributed by atoms with Crippen molar-refractivity contribution in [1.82, 2.24) is 14.8 Å². The highest BCUT2D eigenvalue weighted by atomic mass is 16.5. The number of aliphatic carboxylic acids is 1. The van der Waals surface area contributed by atoms with E-state index in [1.54, 1.807) is 35.2 Å². The van der Waals surface area contributed by atoms with Gasteiger partial charge in [0.25, 0.3) is 5.91 Å². The first-order chi connectivity index (χ1) is 11.9. The van der Waals surface area contributed by atoms with Crippen molar-refractivity contribution in [2.75, 3.05) is 45.2 Å². The van der Waals surface area contributed by atoms with Gasteiger partial charge in [-0.15, -0.1) is 0 Å². The average molecular weight is 350 g/mol. The largest absolute Gasteiger partial charge is 0.480 e. The molecule has 1 aliphatic heterocycles. The van der Waals surface area contributed by atoms with Gasteiger partial charge in [0, 0.05) is 31.9 Å². The molecule has 1 saturated heterocycles. The van der Waals surface area contributed by atoms with Crippen LogP contribution in [0.5, 0.6) is 0 Å². The number of nitrogens with zero attached hydrogens (tertiary/aromatic N) is 3. The summed E-state index contributed by atoms with van der Waals surface area (Å²) in [6, 6.07) is 3.68. The number of rotatable bonds is 7. The van der Waals surface area contributed by atoms with Crippen molar-refractivity contribution in [1.29, 1.82) is 0 Å². The molecule has 25 heavy (non-hydrogen) atoms. The van der Waals surface area contributed by atoms with Crippen LogP contribution >= 0.6 is 0 Å². The van der Waals surface area contributed by atoms with E-state index in [0.29, 0.717) is 37.6 Å². The van der Waals surface area contributed by atoms with Gasteiger partial charge in [-0.2, -0.15) is 0 Å². The third-order valence-corrected chi connectivity index (χ3v) is 3.81. The predicted molar refractivity (Wildman–Crippen MR) is 93.8 cm³/mol. The van der Waals surface area contributed by atoms with Crippen molar-refractivity contribution >= 4 is 17.7 Å². The first-order valence-electron chi connectivity index (χ1n) is 8.39. The number of ether oxygens (including phenoxy) is 1. The molecule has 0 radical (unpaired) electrons. The number of anilines is 1. The van der Waals surface area contributed by atoms with Gasteiger partial charge in [-0.3, -0.25) is 14.5 Å². The van der Waals surface area contributed by atoms with Crippen LogP contribution in [-0.4, -0.2) is 83.7 Å². The Morgan fingerprint density at radius 3 is 2.96 bits per heavy atom. The van der Waals surface area contributed by atoms with Crippen LogP contribution in [0, 0.1) is 0 Å². The second kappa shape index (κ2) is 8.77. The summed E-state index contributed by atoms with van der Waals surface area (Å²) in [5, 5.41) is 12.0. The summed E-state index contributed by atoms with van der Waals surface area (Å²) in [5.74, 6) is -0.398. The van der Waals surface area contributed by atoms with Crippen LogP contribution in [0.1, 0.15) is 24.2 Å². The van der Waals surface area contributed by atoms with Gasteiger partial charge < -0.3 is 20.1 Å². The van der Waals surface area contributed by atoms with Gasteiger partial charge in [-0.05, 0) is 33.0 Å². The number of morpholine rings is 1. The molecule has 1 fully saturated rings. The minimum Gasteiger partial charge on any atom is -0.480 e. The van der Waals surface area contributed by atoms with Crippen LogP contribution in [0.15, 0.2) is 18.3 Å². The lowest BCUT2D eigenvalue weighted by atomic mass is 10.1. The van der Waals surface area contributed by atoms with E-state index in [1.165, 1.54) is 0 Å². The van der Waals surface area contributed by atoms with Gasteiger partial charge in [-0.1, -0.05) is 0 Å². The van der Waals surface area contributed by atoms with Crippen LogP contribution in [0.2, 0.25) is 0 Å². The fourth-order valence-corrected chi connectivity index (χ4v) is 2.79. The second-order valence-electron chi connectivity index (χ2n) is 6.53. The number of hydrogen-bond donors (Lipinski definition) is 2. The Bertz CT molecular complexity index is 608. The predicted octanol–water partition coefficient (Wildman–Crippen LogP) is 0.759. The molecule has 1 unspecified atom stereocenters. The van der Waals surface area contributed by atoms with E-state index in [0.717, 1.165) is 0 Å². The average Bonchev–Trinajstić information content (AvgIpc) is 2.53. The fourth-order valence-electron chi connectivity index (χ4n) is 2.79. The van der Waals surface area contributed by atoms with Gasteiger partial charge in [0.2, 0.25) is 0 Å². The maximum atomic E-state index is 12.9. The number of carboxylic acids is 1. The lowest BCUT2D eigenvalue weighted by Crippen LogP contribution is -2.49. The van der Waals surface area contributed by atoms with Crippen molar-refractivity contribution in [3.8, 4) is 0 Å².